The lowest BCUT2D eigenvalue weighted by Crippen LogP contribution is -2.11. The monoisotopic (exact) mass is 289 g/mol. The smallest absolute Gasteiger partial charge is 0.206 e. The van der Waals surface area contributed by atoms with Crippen LogP contribution in [0.25, 0.3) is 11.9 Å². The van der Waals surface area contributed by atoms with Crippen LogP contribution in [0.15, 0.2) is 18.5 Å². The van der Waals surface area contributed by atoms with Crippen molar-refractivity contribution in [1.29, 1.82) is 0 Å². The number of aromatic nitrogens is 7. The van der Waals surface area contributed by atoms with Crippen molar-refractivity contribution >= 4 is 11.6 Å². The molecule has 0 N–H and O–H groups in total. The van der Waals surface area contributed by atoms with E-state index >= 15 is 0 Å². The maximum absolute atomic E-state index is 5.97. The molecule has 3 aromatic rings. The molecule has 0 saturated heterocycles. The summed E-state index contributed by atoms with van der Waals surface area (Å²) in [6.45, 7) is 5.90. The standard InChI is InChI=1S/C12H12ClN7/c1-7-8(2)18-20(9(7)3)12-16-10(13)15-11(17-12)19-6-4-5-14-19/h4-6H,1-3H3. The fraction of sp³-hybridized carbons (Fsp3) is 0.250. The predicted molar refractivity (Wildman–Crippen MR) is 73.3 cm³/mol. The van der Waals surface area contributed by atoms with E-state index in [1.54, 1.807) is 23.1 Å². The second-order valence-corrected chi connectivity index (χ2v) is 4.70. The minimum Gasteiger partial charge on any atom is -0.206 e. The van der Waals surface area contributed by atoms with E-state index in [4.69, 9.17) is 11.6 Å². The first-order chi connectivity index (χ1) is 9.56. The largest absolute Gasteiger partial charge is 0.256 e. The summed E-state index contributed by atoms with van der Waals surface area (Å²) in [7, 11) is 0. The summed E-state index contributed by atoms with van der Waals surface area (Å²) in [6.07, 6.45) is 3.38. The third-order valence-electron chi connectivity index (χ3n) is 3.14. The Balaban J connectivity index is 2.17. The fourth-order valence-electron chi connectivity index (χ4n) is 1.83. The van der Waals surface area contributed by atoms with Crippen molar-refractivity contribution in [3.05, 3.63) is 40.7 Å². The summed E-state index contributed by atoms with van der Waals surface area (Å²) in [4.78, 5) is 12.6. The molecule has 0 aliphatic carbocycles. The molecule has 0 saturated carbocycles. The topological polar surface area (TPSA) is 74.3 Å². The number of halogens is 1. The van der Waals surface area contributed by atoms with Crippen molar-refractivity contribution < 1.29 is 0 Å². The molecule has 7 nitrogen and oxygen atoms in total. The first-order valence-corrected chi connectivity index (χ1v) is 6.39. The van der Waals surface area contributed by atoms with Crippen LogP contribution < -0.4 is 0 Å². The molecule has 3 heterocycles. The summed E-state index contributed by atoms with van der Waals surface area (Å²) < 4.78 is 3.18. The molecule has 0 aliphatic rings. The Hall–Kier alpha value is -2.28. The molecule has 0 bridgehead atoms. The predicted octanol–water partition coefficient (Wildman–Crippen LogP) is 1.82. The van der Waals surface area contributed by atoms with Crippen LogP contribution in [0.1, 0.15) is 17.0 Å². The van der Waals surface area contributed by atoms with E-state index < -0.39 is 0 Å². The van der Waals surface area contributed by atoms with E-state index in [0.717, 1.165) is 17.0 Å². The van der Waals surface area contributed by atoms with Crippen molar-refractivity contribution in [3.63, 3.8) is 0 Å². The molecule has 0 spiro atoms. The van der Waals surface area contributed by atoms with Crippen LogP contribution in [-0.2, 0) is 0 Å². The van der Waals surface area contributed by atoms with Crippen LogP contribution in [0.5, 0.6) is 0 Å². The van der Waals surface area contributed by atoms with Crippen LogP contribution in [-0.4, -0.2) is 34.5 Å². The molecule has 0 radical (unpaired) electrons. The molecular formula is C12H12ClN7. The molecule has 20 heavy (non-hydrogen) atoms. The highest BCUT2D eigenvalue weighted by atomic mass is 35.5. The van der Waals surface area contributed by atoms with Crippen molar-refractivity contribution in [1.82, 2.24) is 34.5 Å². The average Bonchev–Trinajstić information content (AvgIpc) is 3.03. The number of hydrogen-bond donors (Lipinski definition) is 0. The van der Waals surface area contributed by atoms with Crippen molar-refractivity contribution in [2.45, 2.75) is 20.8 Å². The molecule has 3 rings (SSSR count). The molecule has 8 heteroatoms. The highest BCUT2D eigenvalue weighted by Crippen LogP contribution is 2.16. The molecule has 0 fully saturated rings. The zero-order valence-corrected chi connectivity index (χ0v) is 12.0. The SMILES string of the molecule is Cc1nn(-c2nc(Cl)nc(-n3cccn3)n2)c(C)c1C. The van der Waals surface area contributed by atoms with Gasteiger partial charge in [0.1, 0.15) is 0 Å². The lowest BCUT2D eigenvalue weighted by molar-refractivity contribution is 0.728. The van der Waals surface area contributed by atoms with Gasteiger partial charge in [-0.25, -0.2) is 9.36 Å². The van der Waals surface area contributed by atoms with E-state index in [9.17, 15) is 0 Å². The molecule has 102 valence electrons. The Morgan fingerprint density at radius 3 is 2.40 bits per heavy atom. The summed E-state index contributed by atoms with van der Waals surface area (Å²) in [5.41, 5.74) is 3.00. The van der Waals surface area contributed by atoms with Gasteiger partial charge in [0.15, 0.2) is 0 Å². The lowest BCUT2D eigenvalue weighted by Gasteiger charge is -2.05. The highest BCUT2D eigenvalue weighted by molar-refractivity contribution is 6.28. The maximum Gasteiger partial charge on any atom is 0.256 e. The van der Waals surface area contributed by atoms with Gasteiger partial charge in [-0.2, -0.15) is 25.1 Å². The van der Waals surface area contributed by atoms with Gasteiger partial charge < -0.3 is 0 Å². The molecule has 0 atom stereocenters. The average molecular weight is 290 g/mol. The zero-order chi connectivity index (χ0) is 14.3. The minimum atomic E-state index is 0.103. The van der Waals surface area contributed by atoms with Crippen LogP contribution in [0.2, 0.25) is 5.28 Å². The molecule has 0 aliphatic heterocycles. The van der Waals surface area contributed by atoms with E-state index in [0.29, 0.717) is 11.9 Å². The van der Waals surface area contributed by atoms with Gasteiger partial charge in [-0.15, -0.1) is 0 Å². The fourth-order valence-corrected chi connectivity index (χ4v) is 1.98. The lowest BCUT2D eigenvalue weighted by atomic mass is 10.2. The van der Waals surface area contributed by atoms with Crippen molar-refractivity contribution in [3.8, 4) is 11.9 Å². The van der Waals surface area contributed by atoms with Crippen LogP contribution in [0.3, 0.4) is 0 Å². The van der Waals surface area contributed by atoms with E-state index in [2.05, 4.69) is 25.1 Å². The quantitative estimate of drug-likeness (QED) is 0.719. The third kappa shape index (κ3) is 2.05. The van der Waals surface area contributed by atoms with Gasteiger partial charge in [-0.05, 0) is 44.0 Å². The first kappa shape index (κ1) is 12.7. The zero-order valence-electron chi connectivity index (χ0n) is 11.2. The molecule has 3 aromatic heterocycles. The second-order valence-electron chi connectivity index (χ2n) is 4.36. The first-order valence-electron chi connectivity index (χ1n) is 6.01. The molecule has 0 aromatic carbocycles. The second kappa shape index (κ2) is 4.68. The van der Waals surface area contributed by atoms with Gasteiger partial charge in [-0.1, -0.05) is 0 Å². The van der Waals surface area contributed by atoms with Gasteiger partial charge in [-0.3, -0.25) is 0 Å². The van der Waals surface area contributed by atoms with Crippen LogP contribution in [0.4, 0.5) is 0 Å². The minimum absolute atomic E-state index is 0.103. The highest BCUT2D eigenvalue weighted by Gasteiger charge is 2.14. The van der Waals surface area contributed by atoms with E-state index in [-0.39, 0.29) is 5.28 Å². The number of rotatable bonds is 2. The maximum atomic E-state index is 5.97. The number of aryl methyl sites for hydroxylation is 1. The molecule has 0 unspecified atom stereocenters. The Labute approximate surface area is 120 Å². The van der Waals surface area contributed by atoms with Gasteiger partial charge in [0.05, 0.1) is 5.69 Å². The normalized spacial score (nSPS) is 11.0. The summed E-state index contributed by atoms with van der Waals surface area (Å²) in [6, 6.07) is 1.78. The van der Waals surface area contributed by atoms with Crippen molar-refractivity contribution in [2.75, 3.05) is 0 Å². The molecule has 0 amide bonds. The Bertz CT molecular complexity index is 760. The van der Waals surface area contributed by atoms with Gasteiger partial charge in [0, 0.05) is 18.1 Å². The van der Waals surface area contributed by atoms with E-state index in [1.165, 1.54) is 4.68 Å². The summed E-state index contributed by atoms with van der Waals surface area (Å²) in [5, 5.41) is 8.60. The third-order valence-corrected chi connectivity index (χ3v) is 3.31. The number of nitrogens with zero attached hydrogens (tertiary/aromatic N) is 7. The van der Waals surface area contributed by atoms with Crippen molar-refractivity contribution in [2.24, 2.45) is 0 Å². The van der Waals surface area contributed by atoms with E-state index in [1.807, 2.05) is 20.8 Å². The Morgan fingerprint density at radius 1 is 1.05 bits per heavy atom. The summed E-state index contributed by atoms with van der Waals surface area (Å²) in [5.74, 6) is 0.736. The van der Waals surface area contributed by atoms with Gasteiger partial charge in [0.25, 0.3) is 11.9 Å². The van der Waals surface area contributed by atoms with Gasteiger partial charge in [0.2, 0.25) is 5.28 Å². The Kier molecular flexibility index (Phi) is 2.98. The summed E-state index contributed by atoms with van der Waals surface area (Å²) >= 11 is 5.97. The van der Waals surface area contributed by atoms with Gasteiger partial charge >= 0.3 is 0 Å². The Morgan fingerprint density at radius 2 is 1.80 bits per heavy atom. The molecular weight excluding hydrogens is 278 g/mol. The van der Waals surface area contributed by atoms with Crippen LogP contribution in [0, 0.1) is 20.8 Å². The number of hydrogen-bond acceptors (Lipinski definition) is 5. The van der Waals surface area contributed by atoms with Crippen LogP contribution >= 0.6 is 11.6 Å².